The summed E-state index contributed by atoms with van der Waals surface area (Å²) in [5.41, 5.74) is 6.16. The van der Waals surface area contributed by atoms with Gasteiger partial charge in [0, 0.05) is 31.8 Å². The summed E-state index contributed by atoms with van der Waals surface area (Å²) in [6.07, 6.45) is 3.42. The van der Waals surface area contributed by atoms with Gasteiger partial charge in [-0.2, -0.15) is 5.10 Å². The molecule has 158 valence electrons. The number of ether oxygens (including phenoxy) is 2. The van der Waals surface area contributed by atoms with Crippen molar-refractivity contribution in [3.05, 3.63) is 54.2 Å². The number of halogens is 1. The maximum absolute atomic E-state index is 15.1. The van der Waals surface area contributed by atoms with Crippen molar-refractivity contribution < 1.29 is 13.9 Å². The molecule has 2 aromatic carbocycles. The van der Waals surface area contributed by atoms with Crippen LogP contribution in [0.25, 0.3) is 33.4 Å². The first-order valence-electron chi connectivity index (χ1n) is 10.1. The highest BCUT2D eigenvalue weighted by atomic mass is 19.1. The van der Waals surface area contributed by atoms with Gasteiger partial charge in [0.15, 0.2) is 12.4 Å². The molecule has 8 heteroatoms. The van der Waals surface area contributed by atoms with E-state index in [9.17, 15) is 0 Å². The number of hydrogen-bond acceptors (Lipinski definition) is 6. The molecule has 1 aliphatic rings. The molecular formula is C23H22FN5O2. The lowest BCUT2D eigenvalue weighted by molar-refractivity contribution is 0.185. The third-order valence-corrected chi connectivity index (χ3v) is 5.62. The summed E-state index contributed by atoms with van der Waals surface area (Å²) in [7, 11) is 3.59. The van der Waals surface area contributed by atoms with Crippen molar-refractivity contribution in [1.82, 2.24) is 19.7 Å². The number of imidazole rings is 1. The van der Waals surface area contributed by atoms with Crippen LogP contribution in [0.5, 0.6) is 5.75 Å². The molecule has 3 heterocycles. The largest absolute Gasteiger partial charge is 0.471 e. The molecular weight excluding hydrogens is 397 g/mol. The summed E-state index contributed by atoms with van der Waals surface area (Å²) in [4.78, 5) is 6.52. The van der Waals surface area contributed by atoms with Crippen LogP contribution in [0, 0.1) is 5.82 Å². The molecule has 0 bridgehead atoms. The molecule has 0 spiro atoms. The first-order valence-corrected chi connectivity index (χ1v) is 10.1. The lowest BCUT2D eigenvalue weighted by Crippen LogP contribution is -2.14. The normalized spacial score (nSPS) is 13.0. The molecule has 7 nitrogen and oxygen atoms in total. The van der Waals surface area contributed by atoms with Crippen LogP contribution in [-0.2, 0) is 17.9 Å². The van der Waals surface area contributed by atoms with Gasteiger partial charge >= 0.3 is 0 Å². The number of hydrogen-bond donors (Lipinski definition) is 0. The number of rotatable bonds is 5. The average molecular weight is 419 g/mol. The quantitative estimate of drug-likeness (QED) is 0.482. The lowest BCUT2D eigenvalue weighted by Gasteiger charge is -2.15. The predicted molar refractivity (Wildman–Crippen MR) is 116 cm³/mol. The summed E-state index contributed by atoms with van der Waals surface area (Å²) in [6, 6.07) is 8.94. The predicted octanol–water partition coefficient (Wildman–Crippen LogP) is 4.25. The van der Waals surface area contributed by atoms with Gasteiger partial charge in [-0.3, -0.25) is 0 Å². The van der Waals surface area contributed by atoms with E-state index in [1.165, 1.54) is 6.07 Å². The third-order valence-electron chi connectivity index (χ3n) is 5.62. The fourth-order valence-electron chi connectivity index (χ4n) is 4.00. The summed E-state index contributed by atoms with van der Waals surface area (Å²) < 4.78 is 28.1. The van der Waals surface area contributed by atoms with Crippen LogP contribution in [0.3, 0.4) is 0 Å². The van der Waals surface area contributed by atoms with E-state index in [2.05, 4.69) is 15.2 Å². The lowest BCUT2D eigenvalue weighted by atomic mass is 9.95. The van der Waals surface area contributed by atoms with E-state index in [1.54, 1.807) is 25.7 Å². The zero-order valence-corrected chi connectivity index (χ0v) is 17.6. The van der Waals surface area contributed by atoms with Gasteiger partial charge in [0.2, 0.25) is 0 Å². The summed E-state index contributed by atoms with van der Waals surface area (Å²) in [5, 5.41) is 8.37. The molecule has 0 radical (unpaired) electrons. The Bertz CT molecular complexity index is 1290. The minimum atomic E-state index is -0.315. The van der Waals surface area contributed by atoms with Crippen molar-refractivity contribution >= 4 is 16.9 Å². The third kappa shape index (κ3) is 3.19. The minimum Gasteiger partial charge on any atom is -0.471 e. The topological polar surface area (TPSA) is 65.3 Å². The number of benzene rings is 2. The molecule has 4 aromatic rings. The van der Waals surface area contributed by atoms with Crippen molar-refractivity contribution in [2.45, 2.75) is 20.1 Å². The fourth-order valence-corrected chi connectivity index (χ4v) is 4.00. The fraction of sp³-hybridized carbons (Fsp3) is 0.261. The van der Waals surface area contributed by atoms with Gasteiger partial charge in [0.25, 0.3) is 0 Å². The van der Waals surface area contributed by atoms with Crippen molar-refractivity contribution in [2.75, 3.05) is 25.8 Å². The Morgan fingerprint density at radius 2 is 2.03 bits per heavy atom. The van der Waals surface area contributed by atoms with Crippen LogP contribution in [0.2, 0.25) is 0 Å². The molecule has 0 atom stereocenters. The van der Waals surface area contributed by atoms with Gasteiger partial charge in [0.05, 0.1) is 24.8 Å². The van der Waals surface area contributed by atoms with E-state index < -0.39 is 0 Å². The Kier molecular flexibility index (Phi) is 4.78. The van der Waals surface area contributed by atoms with Gasteiger partial charge in [0.1, 0.15) is 17.1 Å². The zero-order chi connectivity index (χ0) is 21.5. The average Bonchev–Trinajstić information content (AvgIpc) is 3.37. The summed E-state index contributed by atoms with van der Waals surface area (Å²) in [5.74, 6) is 0.418. The van der Waals surface area contributed by atoms with Crippen LogP contribution in [-0.4, -0.2) is 40.6 Å². The second-order valence-electron chi connectivity index (χ2n) is 7.54. The molecule has 0 amide bonds. The number of aryl methyl sites for hydroxylation is 1. The van der Waals surface area contributed by atoms with Crippen molar-refractivity contribution in [2.24, 2.45) is 0 Å². The van der Waals surface area contributed by atoms with Gasteiger partial charge in [-0.15, -0.1) is 5.10 Å². The smallest absolute Gasteiger partial charge is 0.183 e. The number of aromatic nitrogens is 4. The highest BCUT2D eigenvalue weighted by molar-refractivity contribution is 5.90. The van der Waals surface area contributed by atoms with E-state index in [0.717, 1.165) is 45.8 Å². The van der Waals surface area contributed by atoms with E-state index in [4.69, 9.17) is 9.47 Å². The second kappa shape index (κ2) is 7.63. The Morgan fingerprint density at radius 3 is 2.84 bits per heavy atom. The highest BCUT2D eigenvalue weighted by Gasteiger charge is 2.22. The monoisotopic (exact) mass is 419 g/mol. The van der Waals surface area contributed by atoms with Gasteiger partial charge in [-0.25, -0.2) is 9.37 Å². The van der Waals surface area contributed by atoms with Crippen LogP contribution >= 0.6 is 0 Å². The number of methoxy groups -OCH3 is 1. The molecule has 0 N–H and O–H groups in total. The molecule has 31 heavy (non-hydrogen) atoms. The van der Waals surface area contributed by atoms with Crippen molar-refractivity contribution in [3.63, 3.8) is 0 Å². The molecule has 1 aliphatic heterocycles. The molecule has 5 rings (SSSR count). The Balaban J connectivity index is 1.68. The van der Waals surface area contributed by atoms with Crippen molar-refractivity contribution in [3.8, 4) is 28.0 Å². The standard InChI is InChI=1S/C23H22FN5O2/c1-4-29-12-25-22-18(10-26-27-23(22)29)14-5-6-19(24)17(7-14)16-9-21-20(28(2)13-31-21)8-15(16)11-30-3/h5-10,12H,4,11,13H2,1-3H3. The van der Waals surface area contributed by atoms with Gasteiger partial charge < -0.3 is 18.9 Å². The molecule has 0 fully saturated rings. The molecule has 0 saturated heterocycles. The second-order valence-corrected chi connectivity index (χ2v) is 7.54. The maximum atomic E-state index is 15.1. The van der Waals surface area contributed by atoms with Crippen LogP contribution in [0.15, 0.2) is 42.9 Å². The molecule has 0 aliphatic carbocycles. The number of fused-ring (bicyclic) bond motifs is 2. The van der Waals surface area contributed by atoms with Crippen LogP contribution < -0.4 is 9.64 Å². The van der Waals surface area contributed by atoms with Crippen molar-refractivity contribution in [1.29, 1.82) is 0 Å². The minimum absolute atomic E-state index is 0.315. The van der Waals surface area contributed by atoms with Crippen LogP contribution in [0.1, 0.15) is 12.5 Å². The van der Waals surface area contributed by atoms with E-state index >= 15 is 4.39 Å². The Morgan fingerprint density at radius 1 is 1.16 bits per heavy atom. The zero-order valence-electron chi connectivity index (χ0n) is 17.6. The maximum Gasteiger partial charge on any atom is 0.183 e. The van der Waals surface area contributed by atoms with Crippen LogP contribution in [0.4, 0.5) is 10.1 Å². The first kappa shape index (κ1) is 19.4. The Hall–Kier alpha value is -3.52. The number of anilines is 1. The summed E-state index contributed by atoms with van der Waals surface area (Å²) >= 11 is 0. The molecule has 2 aromatic heterocycles. The Labute approximate surface area is 179 Å². The number of nitrogens with zero attached hydrogens (tertiary/aromatic N) is 5. The summed E-state index contributed by atoms with van der Waals surface area (Å²) in [6.45, 7) is 3.60. The highest BCUT2D eigenvalue weighted by Crippen LogP contribution is 2.41. The van der Waals surface area contributed by atoms with E-state index in [-0.39, 0.29) is 5.82 Å². The van der Waals surface area contributed by atoms with E-state index in [1.807, 2.05) is 41.6 Å². The SMILES string of the molecule is CCn1cnc2c(-c3ccc(F)c(-c4cc5c(cc4COC)N(C)CO5)c3)cnnc21. The first-order chi connectivity index (χ1) is 15.1. The van der Waals surface area contributed by atoms with Gasteiger partial charge in [-0.1, -0.05) is 6.07 Å². The molecule has 0 unspecified atom stereocenters. The van der Waals surface area contributed by atoms with Gasteiger partial charge in [-0.05, 0) is 47.9 Å². The molecule has 0 saturated carbocycles. The van der Waals surface area contributed by atoms with E-state index in [0.29, 0.717) is 24.5 Å².